The van der Waals surface area contributed by atoms with E-state index in [9.17, 15) is 0 Å². The third kappa shape index (κ3) is 3.34. The van der Waals surface area contributed by atoms with E-state index < -0.39 is 0 Å². The highest BCUT2D eigenvalue weighted by atomic mass is 32.1. The number of nitrogens with zero attached hydrogens (tertiary/aromatic N) is 1. The van der Waals surface area contributed by atoms with Crippen molar-refractivity contribution in [3.05, 3.63) is 47.8 Å². The van der Waals surface area contributed by atoms with Gasteiger partial charge in [-0.3, -0.25) is 0 Å². The van der Waals surface area contributed by atoms with Crippen LogP contribution < -0.4 is 5.32 Å². The first-order valence-electron chi connectivity index (χ1n) is 7.08. The Labute approximate surface area is 133 Å². The molecule has 0 aliphatic heterocycles. The molecule has 21 heavy (non-hydrogen) atoms. The van der Waals surface area contributed by atoms with Crippen molar-refractivity contribution in [1.29, 1.82) is 0 Å². The maximum absolute atomic E-state index is 4.87. The van der Waals surface area contributed by atoms with Gasteiger partial charge < -0.3 is 5.32 Å². The molecular formula is C17H18N2S2. The topological polar surface area (TPSA) is 24.9 Å². The molecule has 0 aliphatic carbocycles. The maximum Gasteiger partial charge on any atom is 0.126 e. The second kappa shape index (κ2) is 6.41. The maximum atomic E-state index is 4.87. The van der Waals surface area contributed by atoms with Crippen LogP contribution in [0, 0.1) is 5.92 Å². The molecule has 0 bridgehead atoms. The van der Waals surface area contributed by atoms with Crippen LogP contribution >= 0.6 is 22.7 Å². The van der Waals surface area contributed by atoms with E-state index in [0.29, 0.717) is 5.92 Å². The van der Waals surface area contributed by atoms with Crippen LogP contribution in [0.15, 0.2) is 47.8 Å². The van der Waals surface area contributed by atoms with Gasteiger partial charge in [-0.05, 0) is 17.4 Å². The molecule has 108 valence electrons. The summed E-state index contributed by atoms with van der Waals surface area (Å²) in [5, 5.41) is 7.90. The predicted molar refractivity (Wildman–Crippen MR) is 94.2 cm³/mol. The molecule has 0 amide bonds. The van der Waals surface area contributed by atoms with Crippen LogP contribution in [0.2, 0.25) is 0 Å². The van der Waals surface area contributed by atoms with Crippen molar-refractivity contribution in [2.24, 2.45) is 5.92 Å². The number of nitrogens with one attached hydrogen (secondary N) is 1. The van der Waals surface area contributed by atoms with Crippen molar-refractivity contribution in [3.63, 3.8) is 0 Å². The van der Waals surface area contributed by atoms with Crippen LogP contribution in [0.4, 0.5) is 5.00 Å². The Bertz CT molecular complexity index is 685. The molecule has 0 fully saturated rings. The van der Waals surface area contributed by atoms with Crippen molar-refractivity contribution in [3.8, 4) is 21.1 Å². The molecule has 2 heterocycles. The van der Waals surface area contributed by atoms with Crippen molar-refractivity contribution in [1.82, 2.24) is 4.98 Å². The van der Waals surface area contributed by atoms with Crippen LogP contribution in [-0.4, -0.2) is 11.5 Å². The minimum Gasteiger partial charge on any atom is -0.375 e. The minimum atomic E-state index is 0.614. The Morgan fingerprint density at radius 1 is 1.10 bits per heavy atom. The highest BCUT2D eigenvalue weighted by Crippen LogP contribution is 2.39. The first-order valence-corrected chi connectivity index (χ1v) is 8.77. The third-order valence-corrected chi connectivity index (χ3v) is 5.01. The number of anilines is 1. The number of thiazole rings is 1. The van der Waals surface area contributed by atoms with Gasteiger partial charge in [-0.1, -0.05) is 61.6 Å². The van der Waals surface area contributed by atoms with Crippen LogP contribution in [-0.2, 0) is 0 Å². The summed E-state index contributed by atoms with van der Waals surface area (Å²) >= 11 is 3.47. The van der Waals surface area contributed by atoms with E-state index in [0.717, 1.165) is 17.2 Å². The van der Waals surface area contributed by atoms with Gasteiger partial charge in [0.05, 0.1) is 4.88 Å². The average Bonchev–Trinajstić information content (AvgIpc) is 3.15. The molecule has 0 aliphatic rings. The zero-order valence-corrected chi connectivity index (χ0v) is 13.8. The van der Waals surface area contributed by atoms with E-state index in [1.54, 1.807) is 22.7 Å². The molecule has 0 radical (unpaired) electrons. The minimum absolute atomic E-state index is 0.614. The molecule has 2 aromatic heterocycles. The molecular weight excluding hydrogens is 296 g/mol. The Balaban J connectivity index is 1.99. The fraction of sp³-hybridized carbons (Fsp3) is 0.235. The van der Waals surface area contributed by atoms with Gasteiger partial charge in [-0.25, -0.2) is 4.98 Å². The van der Waals surface area contributed by atoms with E-state index in [1.807, 2.05) is 6.07 Å². The lowest BCUT2D eigenvalue weighted by atomic mass is 10.2. The standard InChI is InChI=1S/C17H18N2S2/c1-12(2)11-18-17-15(14-9-6-10-20-14)19-16(21-17)13-7-4-3-5-8-13/h3-10,12,18H,11H2,1-2H3. The van der Waals surface area contributed by atoms with Crippen molar-refractivity contribution < 1.29 is 0 Å². The van der Waals surface area contributed by atoms with Gasteiger partial charge in [-0.15, -0.1) is 11.3 Å². The SMILES string of the molecule is CC(C)CNc1sc(-c2ccccc2)nc1-c1cccs1. The number of aromatic nitrogens is 1. The molecule has 0 saturated carbocycles. The zero-order valence-electron chi connectivity index (χ0n) is 12.2. The lowest BCUT2D eigenvalue weighted by molar-refractivity contribution is 0.690. The Morgan fingerprint density at radius 3 is 2.57 bits per heavy atom. The van der Waals surface area contributed by atoms with Crippen LogP contribution in [0.25, 0.3) is 21.1 Å². The van der Waals surface area contributed by atoms with Crippen LogP contribution in [0.1, 0.15) is 13.8 Å². The van der Waals surface area contributed by atoms with Gasteiger partial charge >= 0.3 is 0 Å². The lowest BCUT2D eigenvalue weighted by Crippen LogP contribution is -2.07. The molecule has 3 aromatic rings. The van der Waals surface area contributed by atoms with E-state index in [2.05, 4.69) is 60.9 Å². The van der Waals surface area contributed by atoms with Gasteiger partial charge in [0, 0.05) is 12.1 Å². The average molecular weight is 314 g/mol. The number of benzene rings is 1. The fourth-order valence-electron chi connectivity index (χ4n) is 2.02. The van der Waals surface area contributed by atoms with Gasteiger partial charge in [0.1, 0.15) is 15.7 Å². The molecule has 0 atom stereocenters. The highest BCUT2D eigenvalue weighted by Gasteiger charge is 2.15. The number of hydrogen-bond donors (Lipinski definition) is 1. The molecule has 3 rings (SSSR count). The summed E-state index contributed by atoms with van der Waals surface area (Å²) in [6.07, 6.45) is 0. The summed E-state index contributed by atoms with van der Waals surface area (Å²) in [7, 11) is 0. The summed E-state index contributed by atoms with van der Waals surface area (Å²) < 4.78 is 0. The van der Waals surface area contributed by atoms with Gasteiger partial charge in [0.2, 0.25) is 0 Å². The Morgan fingerprint density at radius 2 is 1.90 bits per heavy atom. The smallest absolute Gasteiger partial charge is 0.126 e. The lowest BCUT2D eigenvalue weighted by Gasteiger charge is -2.07. The summed E-state index contributed by atoms with van der Waals surface area (Å²) in [5.74, 6) is 0.614. The molecule has 4 heteroatoms. The summed E-state index contributed by atoms with van der Waals surface area (Å²) in [5.41, 5.74) is 2.26. The van der Waals surface area contributed by atoms with Crippen molar-refractivity contribution in [2.45, 2.75) is 13.8 Å². The molecule has 0 spiro atoms. The van der Waals surface area contributed by atoms with E-state index in [-0.39, 0.29) is 0 Å². The van der Waals surface area contributed by atoms with E-state index in [4.69, 9.17) is 4.98 Å². The summed E-state index contributed by atoms with van der Waals surface area (Å²) in [6.45, 7) is 5.41. The monoisotopic (exact) mass is 314 g/mol. The zero-order chi connectivity index (χ0) is 14.7. The number of thiophene rings is 1. The molecule has 1 aromatic carbocycles. The van der Waals surface area contributed by atoms with E-state index >= 15 is 0 Å². The number of rotatable bonds is 5. The molecule has 0 unspecified atom stereocenters. The molecule has 2 nitrogen and oxygen atoms in total. The summed E-state index contributed by atoms with van der Waals surface area (Å²) in [4.78, 5) is 6.09. The molecule has 1 N–H and O–H groups in total. The highest BCUT2D eigenvalue weighted by molar-refractivity contribution is 7.20. The quantitative estimate of drug-likeness (QED) is 0.662. The fourth-order valence-corrected chi connectivity index (χ4v) is 3.80. The Hall–Kier alpha value is -1.65. The largest absolute Gasteiger partial charge is 0.375 e. The second-order valence-corrected chi connectivity index (χ2v) is 7.26. The first kappa shape index (κ1) is 14.3. The van der Waals surface area contributed by atoms with Crippen LogP contribution in [0.3, 0.4) is 0 Å². The van der Waals surface area contributed by atoms with Gasteiger partial charge in [-0.2, -0.15) is 0 Å². The Kier molecular flexibility index (Phi) is 4.36. The van der Waals surface area contributed by atoms with Gasteiger partial charge in [0.15, 0.2) is 0 Å². The van der Waals surface area contributed by atoms with E-state index in [1.165, 1.54) is 15.4 Å². The van der Waals surface area contributed by atoms with Gasteiger partial charge in [0.25, 0.3) is 0 Å². The summed E-state index contributed by atoms with van der Waals surface area (Å²) in [6, 6.07) is 14.6. The predicted octanol–water partition coefficient (Wildman–Crippen LogP) is 5.61. The molecule has 0 saturated heterocycles. The first-order chi connectivity index (χ1) is 10.2. The van der Waals surface area contributed by atoms with Crippen molar-refractivity contribution >= 4 is 27.7 Å². The van der Waals surface area contributed by atoms with Crippen molar-refractivity contribution in [2.75, 3.05) is 11.9 Å². The normalized spacial score (nSPS) is 11.0. The second-order valence-electron chi connectivity index (χ2n) is 5.31. The number of hydrogen-bond acceptors (Lipinski definition) is 4. The van der Waals surface area contributed by atoms with Crippen LogP contribution in [0.5, 0.6) is 0 Å². The third-order valence-electron chi connectivity index (χ3n) is 3.07.